The number of aromatic nitrogens is 3. The summed E-state index contributed by atoms with van der Waals surface area (Å²) < 4.78 is 11.3. The maximum absolute atomic E-state index is 6.57. The Balaban J connectivity index is 1.36. The highest BCUT2D eigenvalue weighted by Gasteiger charge is 2.15. The van der Waals surface area contributed by atoms with Crippen LogP contribution in [0.2, 0.25) is 5.02 Å². The number of nitrogens with one attached hydrogen (secondary N) is 1. The number of morpholine rings is 1. The van der Waals surface area contributed by atoms with Crippen molar-refractivity contribution in [3.63, 3.8) is 0 Å². The number of rotatable bonds is 6. The lowest BCUT2D eigenvalue weighted by atomic mass is 10.1. The molecule has 0 bridgehead atoms. The summed E-state index contributed by atoms with van der Waals surface area (Å²) in [7, 11) is 1.52. The van der Waals surface area contributed by atoms with Crippen LogP contribution in [0, 0.1) is 0 Å². The first-order chi connectivity index (χ1) is 16.6. The highest BCUT2D eigenvalue weighted by atomic mass is 35.5. The largest absolute Gasteiger partial charge is 0.426 e. The number of halogens is 1. The van der Waals surface area contributed by atoms with Crippen LogP contribution in [0.4, 0.5) is 5.69 Å². The number of hydrogen-bond acceptors (Lipinski definition) is 7. The summed E-state index contributed by atoms with van der Waals surface area (Å²) in [5, 5.41) is 4.48. The minimum absolute atomic E-state index is 0.341. The first-order valence-electron chi connectivity index (χ1n) is 11.0. The maximum Gasteiger partial charge on any atom is 0.301 e. The molecule has 5 rings (SSSR count). The Morgan fingerprint density at radius 1 is 1.06 bits per heavy atom. The van der Waals surface area contributed by atoms with Crippen LogP contribution in [0.25, 0.3) is 22.4 Å². The number of pyridine rings is 1. The number of anilines is 1. The molecule has 1 N–H and O–H groups in total. The summed E-state index contributed by atoms with van der Waals surface area (Å²) in [6, 6.07) is 17.9. The van der Waals surface area contributed by atoms with Gasteiger partial charge in [-0.25, -0.2) is 4.98 Å². The van der Waals surface area contributed by atoms with Gasteiger partial charge in [0.15, 0.2) is 5.65 Å². The van der Waals surface area contributed by atoms with Crippen molar-refractivity contribution in [3.8, 4) is 23.0 Å². The minimum atomic E-state index is 0.341. The molecular weight excluding hydrogens is 454 g/mol. The first-order valence-corrected chi connectivity index (χ1v) is 11.3. The van der Waals surface area contributed by atoms with Gasteiger partial charge in [-0.2, -0.15) is 4.98 Å². The number of nitrogens with zero attached hydrogens (tertiary/aromatic N) is 4. The lowest BCUT2D eigenvalue weighted by Crippen LogP contribution is -2.36. The van der Waals surface area contributed by atoms with E-state index in [2.05, 4.69) is 37.1 Å². The Labute approximate surface area is 202 Å². The highest BCUT2D eigenvalue weighted by Crippen LogP contribution is 2.31. The van der Waals surface area contributed by atoms with Gasteiger partial charge in [-0.05, 0) is 55.0 Å². The van der Waals surface area contributed by atoms with E-state index in [1.807, 2.05) is 49.4 Å². The number of oxime groups is 1. The highest BCUT2D eigenvalue weighted by molar-refractivity contribution is 6.33. The third kappa shape index (κ3) is 4.69. The maximum atomic E-state index is 6.57. The van der Waals surface area contributed by atoms with E-state index < -0.39 is 0 Å². The molecule has 0 radical (unpaired) electrons. The molecule has 1 aliphatic rings. The zero-order valence-corrected chi connectivity index (χ0v) is 19.7. The quantitative estimate of drug-likeness (QED) is 0.300. The molecule has 2 aromatic carbocycles. The molecule has 0 amide bonds. The standard InChI is InChI=1S/C25H24ClN5O3/c1-16(30-32-2)17-5-9-20(10-6-17)34-25-27-22-15-21(26)23(28-24(22)29-25)18-3-7-19(8-4-18)31-11-13-33-14-12-31/h3-10,15H,11-14H2,1-2H3,(H,27,28,29). The van der Waals surface area contributed by atoms with Crippen LogP contribution in [0.1, 0.15) is 12.5 Å². The zero-order valence-electron chi connectivity index (χ0n) is 18.9. The Hall–Kier alpha value is -3.62. The summed E-state index contributed by atoms with van der Waals surface area (Å²) in [5.74, 6) is 0.637. The number of aromatic amines is 1. The number of hydrogen-bond donors (Lipinski definition) is 1. The van der Waals surface area contributed by atoms with Gasteiger partial charge in [0.05, 0.1) is 35.2 Å². The Bertz CT molecular complexity index is 1310. The van der Waals surface area contributed by atoms with Crippen molar-refractivity contribution >= 4 is 34.2 Å². The van der Waals surface area contributed by atoms with Crippen molar-refractivity contribution in [2.75, 3.05) is 38.3 Å². The minimum Gasteiger partial charge on any atom is -0.426 e. The monoisotopic (exact) mass is 477 g/mol. The molecule has 1 fully saturated rings. The predicted molar refractivity (Wildman–Crippen MR) is 133 cm³/mol. The molecule has 4 aromatic rings. The van der Waals surface area contributed by atoms with Crippen molar-refractivity contribution in [3.05, 3.63) is 65.2 Å². The second-order valence-corrected chi connectivity index (χ2v) is 8.27. The molecule has 1 aliphatic heterocycles. The van der Waals surface area contributed by atoms with E-state index >= 15 is 0 Å². The molecular formula is C25H24ClN5O3. The van der Waals surface area contributed by atoms with Gasteiger partial charge in [-0.15, -0.1) is 0 Å². The molecule has 0 atom stereocenters. The van der Waals surface area contributed by atoms with Crippen LogP contribution < -0.4 is 9.64 Å². The van der Waals surface area contributed by atoms with Crippen molar-refractivity contribution in [1.82, 2.24) is 15.0 Å². The average molecular weight is 478 g/mol. The van der Waals surface area contributed by atoms with Gasteiger partial charge in [0.2, 0.25) is 0 Å². The van der Waals surface area contributed by atoms with Gasteiger partial charge >= 0.3 is 6.01 Å². The van der Waals surface area contributed by atoms with Crippen LogP contribution in [-0.4, -0.2) is 54.1 Å². The normalized spacial score (nSPS) is 14.4. The van der Waals surface area contributed by atoms with Crippen LogP contribution in [0.3, 0.4) is 0 Å². The predicted octanol–water partition coefficient (Wildman–Crippen LogP) is 5.28. The van der Waals surface area contributed by atoms with E-state index in [-0.39, 0.29) is 0 Å². The van der Waals surface area contributed by atoms with Crippen LogP contribution in [-0.2, 0) is 9.57 Å². The number of benzene rings is 2. The fourth-order valence-electron chi connectivity index (χ4n) is 3.86. The van der Waals surface area contributed by atoms with E-state index in [0.717, 1.165) is 48.8 Å². The van der Waals surface area contributed by atoms with Crippen molar-refractivity contribution in [2.45, 2.75) is 6.92 Å². The molecule has 0 spiro atoms. The van der Waals surface area contributed by atoms with Crippen LogP contribution in [0.5, 0.6) is 11.8 Å². The Morgan fingerprint density at radius 2 is 1.79 bits per heavy atom. The van der Waals surface area contributed by atoms with Crippen molar-refractivity contribution in [1.29, 1.82) is 0 Å². The van der Waals surface area contributed by atoms with Crippen LogP contribution in [0.15, 0.2) is 59.8 Å². The lowest BCUT2D eigenvalue weighted by Gasteiger charge is -2.28. The molecule has 3 heterocycles. The first kappa shape index (κ1) is 22.2. The summed E-state index contributed by atoms with van der Waals surface area (Å²) in [6.45, 7) is 5.16. The van der Waals surface area contributed by atoms with E-state index in [1.165, 1.54) is 7.11 Å². The van der Waals surface area contributed by atoms with Gasteiger partial charge in [0.1, 0.15) is 12.9 Å². The summed E-state index contributed by atoms with van der Waals surface area (Å²) >= 11 is 6.57. The Kier molecular flexibility index (Phi) is 6.33. The SMILES string of the molecule is CON=C(C)c1ccc(Oc2nc3nc(-c4ccc(N5CCOCC5)cc4)c(Cl)cc3[nH]2)cc1. The van der Waals surface area contributed by atoms with Gasteiger partial charge in [0, 0.05) is 24.3 Å². The Morgan fingerprint density at radius 3 is 2.50 bits per heavy atom. The summed E-state index contributed by atoms with van der Waals surface area (Å²) in [6.07, 6.45) is 0. The third-order valence-corrected chi connectivity index (χ3v) is 5.92. The van der Waals surface area contributed by atoms with Crippen LogP contribution >= 0.6 is 11.6 Å². The van der Waals surface area contributed by atoms with E-state index in [0.29, 0.717) is 33.6 Å². The fraction of sp³-hybridized carbons (Fsp3) is 0.240. The van der Waals surface area contributed by atoms with E-state index in [4.69, 9.17) is 25.9 Å². The van der Waals surface area contributed by atoms with Gasteiger partial charge in [-0.3, -0.25) is 0 Å². The fourth-order valence-corrected chi connectivity index (χ4v) is 4.12. The molecule has 1 saturated heterocycles. The topological polar surface area (TPSA) is 84.9 Å². The van der Waals surface area contributed by atoms with E-state index in [1.54, 1.807) is 0 Å². The molecule has 0 unspecified atom stereocenters. The molecule has 34 heavy (non-hydrogen) atoms. The van der Waals surface area contributed by atoms with Crippen molar-refractivity contribution < 1.29 is 14.3 Å². The average Bonchev–Trinajstić information content (AvgIpc) is 3.25. The molecule has 174 valence electrons. The molecule has 0 saturated carbocycles. The number of fused-ring (bicyclic) bond motifs is 1. The summed E-state index contributed by atoms with van der Waals surface area (Å²) in [5.41, 5.74) is 5.73. The second-order valence-electron chi connectivity index (χ2n) is 7.86. The third-order valence-electron chi connectivity index (χ3n) is 5.64. The number of imidazole rings is 1. The number of ether oxygens (including phenoxy) is 2. The summed E-state index contributed by atoms with van der Waals surface area (Å²) in [4.78, 5) is 19.4. The van der Waals surface area contributed by atoms with Crippen molar-refractivity contribution in [2.24, 2.45) is 5.16 Å². The molecule has 2 aromatic heterocycles. The van der Waals surface area contributed by atoms with Gasteiger partial charge in [-0.1, -0.05) is 28.9 Å². The smallest absolute Gasteiger partial charge is 0.301 e. The van der Waals surface area contributed by atoms with Gasteiger partial charge < -0.3 is 24.2 Å². The molecule has 0 aliphatic carbocycles. The zero-order chi connectivity index (χ0) is 23.5. The second kappa shape index (κ2) is 9.70. The number of H-pyrrole nitrogens is 1. The lowest BCUT2D eigenvalue weighted by molar-refractivity contribution is 0.122. The molecule has 9 heteroatoms. The molecule has 8 nitrogen and oxygen atoms in total. The van der Waals surface area contributed by atoms with Gasteiger partial charge in [0.25, 0.3) is 0 Å². The van der Waals surface area contributed by atoms with E-state index in [9.17, 15) is 0 Å².